The summed E-state index contributed by atoms with van der Waals surface area (Å²) in [6.45, 7) is 29.5. The number of rotatable bonds is 11. The molecular formula is C91H122F6N16O8. The first-order chi connectivity index (χ1) is 57.4. The number of anilines is 2. The molecule has 8 aliphatic heterocycles. The zero-order chi connectivity index (χ0) is 85.9. The highest BCUT2D eigenvalue weighted by Crippen LogP contribution is 2.47. The number of halogens is 6. The van der Waals surface area contributed by atoms with Crippen LogP contribution in [0.4, 0.5) is 42.5 Å². The van der Waals surface area contributed by atoms with Crippen molar-refractivity contribution < 1.29 is 64.5 Å². The summed E-state index contributed by atoms with van der Waals surface area (Å²) in [6, 6.07) is 13.6. The fourth-order valence-electron chi connectivity index (χ4n) is 19.1. The van der Waals surface area contributed by atoms with Crippen molar-refractivity contribution in [2.75, 3.05) is 128 Å². The van der Waals surface area contributed by atoms with Gasteiger partial charge in [0.05, 0.1) is 65.8 Å². The van der Waals surface area contributed by atoms with Crippen LogP contribution in [0.25, 0.3) is 55.5 Å². The molecule has 24 nitrogen and oxygen atoms in total. The second-order valence-electron chi connectivity index (χ2n) is 38.4. The summed E-state index contributed by atoms with van der Waals surface area (Å²) in [7, 11) is 0. The molecule has 16 rings (SSSR count). The number of cyclic esters (lactones) is 2. The van der Waals surface area contributed by atoms with Gasteiger partial charge in [-0.2, -0.15) is 26.3 Å². The Morgan fingerprint density at radius 1 is 0.570 bits per heavy atom. The van der Waals surface area contributed by atoms with Gasteiger partial charge in [0.15, 0.2) is 0 Å². The lowest BCUT2D eigenvalue weighted by Gasteiger charge is -2.37. The van der Waals surface area contributed by atoms with E-state index in [2.05, 4.69) is 69.9 Å². The van der Waals surface area contributed by atoms with E-state index in [9.17, 15) is 50.3 Å². The predicted molar refractivity (Wildman–Crippen MR) is 456 cm³/mol. The Kier molecular flexibility index (Phi) is 25.4. The van der Waals surface area contributed by atoms with Crippen molar-refractivity contribution in [2.24, 2.45) is 16.6 Å². The van der Waals surface area contributed by atoms with Gasteiger partial charge in [-0.25, -0.2) is 15.6 Å². The molecule has 4 aromatic heterocycles. The Labute approximate surface area is 706 Å². The number of benzene rings is 2. The van der Waals surface area contributed by atoms with Crippen molar-refractivity contribution in [3.63, 3.8) is 0 Å². The van der Waals surface area contributed by atoms with Gasteiger partial charge in [-0.15, -0.1) is 0 Å². The second-order valence-corrected chi connectivity index (χ2v) is 38.4. The van der Waals surface area contributed by atoms with E-state index in [1.807, 2.05) is 98.1 Å². The van der Waals surface area contributed by atoms with Crippen LogP contribution in [-0.2, 0) is 59.3 Å². The molecule has 121 heavy (non-hydrogen) atoms. The van der Waals surface area contributed by atoms with Crippen LogP contribution in [0.5, 0.6) is 0 Å². The fraction of sp³-hybridized carbons (Fsp3) is 0.615. The monoisotopic (exact) mass is 1680 g/mol. The number of amides is 3. The molecule has 5 N–H and O–H groups in total. The van der Waals surface area contributed by atoms with Crippen molar-refractivity contribution in [3.8, 4) is 22.5 Å². The molecule has 2 aromatic carbocycles. The van der Waals surface area contributed by atoms with E-state index in [0.717, 1.165) is 127 Å². The van der Waals surface area contributed by atoms with Gasteiger partial charge in [-0.05, 0) is 179 Å². The maximum absolute atomic E-state index is 15.0. The third-order valence-electron chi connectivity index (χ3n) is 25.3. The zero-order valence-corrected chi connectivity index (χ0v) is 72.2. The molecule has 10 aliphatic rings. The topological polar surface area (TPSA) is 237 Å². The number of hydrogen-bond acceptors (Lipinski definition) is 19. The largest absolute Gasteiger partial charge is 0.464 e. The molecule has 12 bridgehead atoms. The molecule has 2 unspecified atom stereocenters. The van der Waals surface area contributed by atoms with E-state index < -0.39 is 90.0 Å². The molecule has 2 saturated carbocycles. The molecule has 0 spiro atoms. The van der Waals surface area contributed by atoms with Crippen LogP contribution in [0.1, 0.15) is 186 Å². The van der Waals surface area contributed by atoms with Crippen LogP contribution in [0.15, 0.2) is 73.1 Å². The van der Waals surface area contributed by atoms with E-state index in [4.69, 9.17) is 29.9 Å². The molecule has 2 aliphatic carbocycles. The van der Waals surface area contributed by atoms with Crippen LogP contribution in [0, 0.1) is 10.8 Å². The van der Waals surface area contributed by atoms with Crippen LogP contribution >= 0.6 is 0 Å². The minimum atomic E-state index is -4.54. The number of fused-ring (bicyclic) bond motifs is 12. The van der Waals surface area contributed by atoms with Gasteiger partial charge in [-0.3, -0.25) is 58.8 Å². The SMILES string of the molecule is CC(C)c1ncc(N2CCN(C3CC3)CC2)cc1-c1c2c3cc(ccc3n1CC(F)(F)F)C1=CCCN(C1)C[C@H](N)C(=O)N1CCC[C@H](N1)C(=O)OCC(C)(C)C2.CC(C)c1ncc(N2CCN(C3CC3)CC2)cc1-c1c2c3cc(ccc3n1CC(F)(F)F)C1=CCCN(C1)C[C@H](NC(=O)OC(C)(C)C)C(=O)N1CCC[C@H](N1)C(=O)OCC(C)(C)C2. The lowest BCUT2D eigenvalue weighted by atomic mass is 9.83. The Balaban J connectivity index is 0.000000189. The smallest absolute Gasteiger partial charge is 0.408 e. The number of alkyl halides is 6. The number of ether oxygens (including phenoxy) is 3. The maximum atomic E-state index is 15.0. The highest BCUT2D eigenvalue weighted by Gasteiger charge is 2.43. The summed E-state index contributed by atoms with van der Waals surface area (Å²) < 4.78 is 110. The number of carbonyl (C=O) groups excluding carboxylic acids is 5. The second kappa shape index (κ2) is 35.2. The Bertz CT molecular complexity index is 4900. The third kappa shape index (κ3) is 20.6. The van der Waals surface area contributed by atoms with Crippen molar-refractivity contribution in [1.29, 1.82) is 0 Å². The predicted octanol–water partition coefficient (Wildman–Crippen LogP) is 13.0. The highest BCUT2D eigenvalue weighted by molar-refractivity contribution is 5.97. The first kappa shape index (κ1) is 87.3. The number of nitrogens with one attached hydrogen (secondary N) is 3. The summed E-state index contributed by atoms with van der Waals surface area (Å²) in [5.41, 5.74) is 22.3. The zero-order valence-electron chi connectivity index (χ0n) is 72.2. The summed E-state index contributed by atoms with van der Waals surface area (Å²) in [5.74, 6) is -1.82. The van der Waals surface area contributed by atoms with Crippen molar-refractivity contribution in [3.05, 3.63) is 107 Å². The van der Waals surface area contributed by atoms with Gasteiger partial charge < -0.3 is 44.2 Å². The minimum Gasteiger partial charge on any atom is -0.464 e. The summed E-state index contributed by atoms with van der Waals surface area (Å²) in [4.78, 5) is 92.3. The molecule has 6 fully saturated rings. The average molecular weight is 1680 g/mol. The minimum absolute atomic E-state index is 0.0213. The van der Waals surface area contributed by atoms with Crippen LogP contribution < -0.4 is 31.7 Å². The quantitative estimate of drug-likeness (QED) is 0.0536. The summed E-state index contributed by atoms with van der Waals surface area (Å²) in [5, 5.41) is 7.11. The molecule has 3 amide bonds. The van der Waals surface area contributed by atoms with Gasteiger partial charge in [0.25, 0.3) is 11.8 Å². The molecule has 656 valence electrons. The number of esters is 2. The lowest BCUT2D eigenvalue weighted by molar-refractivity contribution is -0.156. The normalized spacial score (nSPS) is 24.7. The van der Waals surface area contributed by atoms with Gasteiger partial charge >= 0.3 is 30.4 Å². The van der Waals surface area contributed by atoms with E-state index in [0.29, 0.717) is 135 Å². The fourth-order valence-corrected chi connectivity index (χ4v) is 19.1. The Morgan fingerprint density at radius 3 is 1.40 bits per heavy atom. The Hall–Kier alpha value is -8.65. The van der Waals surface area contributed by atoms with E-state index in [1.54, 1.807) is 26.8 Å². The molecule has 6 aromatic rings. The first-order valence-electron chi connectivity index (χ1n) is 43.9. The number of hydrazine groups is 2. The van der Waals surface area contributed by atoms with Gasteiger partial charge in [0.1, 0.15) is 36.8 Å². The standard InChI is InChI=1S/C48H65F3N8O5.C43H57F3N8O3/c1-30(2)41-36(23-34(25-52-41)57-20-18-56(19-21-57)33-13-14-33)42-37-24-47(6,7)29-63-44(61)38-11-9-17-59(54-38)43(60)39(53-45(62)64-46(3,4)5)27-55-16-8-10-32(26-55)31-12-15-40(35(37)22-31)58(42)28-48(49,50)51;1-27(2)38-33(20-31(22-48-38)52-17-15-51(16-18-52)30-10-11-30)39-34-21-42(3,4)26-57-41(56)36-8-6-14-54(49-36)40(55)35(47)24-50-13-5-7-29(23-50)28-9-12-37(32(34)19-28)53(39)25-43(44,45)46/h10,12,15,22-23,25,30,33,38-39,54H,8-9,11,13-14,16-21,24,26-29H2,1-7H3,(H,53,62);7,9,12,19-20,22,27,30,35-36,49H,5-6,8,10-11,13-18,21,23-26,47H2,1-4H3/t38-,39-;35-,36-/m00/s1. The third-order valence-corrected chi connectivity index (χ3v) is 25.3. The number of pyridine rings is 2. The van der Waals surface area contributed by atoms with Gasteiger partial charge in [0, 0.05) is 161 Å². The molecule has 12 heterocycles. The average Bonchev–Trinajstić information content (AvgIpc) is 1.59. The molecule has 6 atom stereocenters. The lowest BCUT2D eigenvalue weighted by Crippen LogP contribution is -2.62. The summed E-state index contributed by atoms with van der Waals surface area (Å²) >= 11 is 0. The number of aromatic nitrogens is 4. The number of nitrogens with zero attached hydrogens (tertiary/aromatic N) is 12. The number of piperazine rings is 2. The molecule has 30 heteroatoms. The molecule has 4 saturated heterocycles. The first-order valence-corrected chi connectivity index (χ1v) is 43.9. The van der Waals surface area contributed by atoms with Crippen molar-refractivity contribution >= 4 is 74.2 Å². The van der Waals surface area contributed by atoms with E-state index in [1.165, 1.54) is 44.8 Å². The van der Waals surface area contributed by atoms with Gasteiger partial charge in [-0.1, -0.05) is 79.7 Å². The molecular weight excluding hydrogens is 1560 g/mol. The van der Waals surface area contributed by atoms with Crippen molar-refractivity contribution in [2.45, 2.75) is 232 Å². The number of alkyl carbamates (subject to hydrolysis) is 1. The maximum Gasteiger partial charge on any atom is 0.408 e. The number of nitrogens with two attached hydrogens (primary N) is 1. The van der Waals surface area contributed by atoms with Crippen LogP contribution in [-0.4, -0.2) is 251 Å². The van der Waals surface area contributed by atoms with Gasteiger partial charge in [0.2, 0.25) is 0 Å². The highest BCUT2D eigenvalue weighted by atomic mass is 19.4. The van der Waals surface area contributed by atoms with Crippen molar-refractivity contribution in [1.82, 2.24) is 64.9 Å². The number of hydrogen-bond donors (Lipinski definition) is 4. The Morgan fingerprint density at radius 2 is 0.992 bits per heavy atom. The molecule has 0 radical (unpaired) electrons. The van der Waals surface area contributed by atoms with Crippen LogP contribution in [0.2, 0.25) is 0 Å². The van der Waals surface area contributed by atoms with E-state index in [-0.39, 0.29) is 37.5 Å². The number of carbonyl (C=O) groups is 5. The van der Waals surface area contributed by atoms with E-state index >= 15 is 0 Å². The van der Waals surface area contributed by atoms with Crippen LogP contribution in [0.3, 0.4) is 0 Å². The summed E-state index contributed by atoms with van der Waals surface area (Å²) in [6.07, 6.45) is 7.43.